The summed E-state index contributed by atoms with van der Waals surface area (Å²) in [6.07, 6.45) is 0. The minimum atomic E-state index is -0.573. The molecule has 0 spiro atoms. The molecule has 0 heterocycles. The maximum atomic E-state index is 10.6. The molecule has 1 aromatic rings. The zero-order chi connectivity index (χ0) is 7.72. The second kappa shape index (κ2) is 3.18. The Hall–Kier alpha value is -1.32. The van der Waals surface area contributed by atoms with Crippen LogP contribution in [0.1, 0.15) is 14.4 Å². The topological polar surface area (TPSA) is 72.2 Å². The Bertz CT molecular complexity index is 310. The van der Waals surface area contributed by atoms with E-state index < -0.39 is 10.9 Å². The minimum Gasteiger partial charge on any atom is -0.394 e. The van der Waals surface area contributed by atoms with E-state index in [1.165, 1.54) is 0 Å². The Balaban J connectivity index is 0.000001000. The summed E-state index contributed by atoms with van der Waals surface area (Å²) in [6, 6.07) is 0. The molecule has 4 nitrogen and oxygen atoms in total. The minimum absolute atomic E-state index is 0. The van der Waals surface area contributed by atoms with Crippen LogP contribution in [0, 0.1) is 0 Å². The van der Waals surface area contributed by atoms with Gasteiger partial charge in [-0.3, -0.25) is 9.59 Å². The maximum absolute atomic E-state index is 10.6. The van der Waals surface area contributed by atoms with Crippen LogP contribution in [-0.2, 0) is 0 Å². The molecule has 62 valence electrons. The lowest BCUT2D eigenvalue weighted by molar-refractivity contribution is 1.19. The van der Waals surface area contributed by atoms with E-state index in [9.17, 15) is 9.59 Å². The second-order valence-electron chi connectivity index (χ2n) is 1.98. The van der Waals surface area contributed by atoms with Gasteiger partial charge in [-0.05, 0) is 6.92 Å². The lowest BCUT2D eigenvalue weighted by atomic mass is 10.2. The molecule has 3 N–H and O–H groups in total. The van der Waals surface area contributed by atoms with Gasteiger partial charge in [-0.2, -0.15) is 0 Å². The van der Waals surface area contributed by atoms with Crippen LogP contribution in [0.15, 0.2) is 9.59 Å². The van der Waals surface area contributed by atoms with E-state index >= 15 is 0 Å². The number of nitrogens with one attached hydrogen (secondary N) is 1. The molecule has 0 aliphatic carbocycles. The van der Waals surface area contributed by atoms with Crippen LogP contribution in [0.3, 0.4) is 0 Å². The van der Waals surface area contributed by atoms with Crippen molar-refractivity contribution in [1.29, 1.82) is 0 Å². The van der Waals surface area contributed by atoms with Crippen molar-refractivity contribution in [3.05, 3.63) is 20.4 Å². The van der Waals surface area contributed by atoms with Crippen molar-refractivity contribution < 1.29 is 0 Å². The molecule has 0 aromatic heterocycles. The highest BCUT2D eigenvalue weighted by atomic mass is 16.2. The van der Waals surface area contributed by atoms with Gasteiger partial charge in [0.15, 0.2) is 0 Å². The predicted octanol–water partition coefficient (Wildman–Crippen LogP) is -0.0673. The van der Waals surface area contributed by atoms with Gasteiger partial charge in [0.2, 0.25) is 0 Å². The molecule has 4 heteroatoms. The van der Waals surface area contributed by atoms with Crippen molar-refractivity contribution in [3.63, 3.8) is 0 Å². The van der Waals surface area contributed by atoms with Crippen LogP contribution in [-0.4, -0.2) is 6.54 Å². The molecule has 0 fully saturated rings. The fraction of sp³-hybridized carbons (Fsp3) is 0.429. The molecular formula is C7H12N2O2. The fourth-order valence-corrected chi connectivity index (χ4v) is 0.761. The first kappa shape index (κ1) is 9.68. The summed E-state index contributed by atoms with van der Waals surface area (Å²) in [4.78, 5) is 21.1. The van der Waals surface area contributed by atoms with Gasteiger partial charge in [-0.15, -0.1) is 0 Å². The smallest absolute Gasteiger partial charge is 0.253 e. The van der Waals surface area contributed by atoms with Crippen molar-refractivity contribution in [1.82, 2.24) is 0 Å². The van der Waals surface area contributed by atoms with E-state index in [1.54, 1.807) is 0 Å². The number of nitrogen functional groups attached to an aromatic ring is 1. The molecule has 1 aromatic carbocycles. The highest BCUT2D eigenvalue weighted by molar-refractivity contribution is 5.71. The van der Waals surface area contributed by atoms with Crippen LogP contribution in [0.2, 0.25) is 0 Å². The Morgan fingerprint density at radius 3 is 2.27 bits per heavy atom. The molecule has 0 radical (unpaired) electrons. The monoisotopic (exact) mass is 156 g/mol. The zero-order valence-corrected chi connectivity index (χ0v) is 5.60. The van der Waals surface area contributed by atoms with Crippen molar-refractivity contribution >= 4 is 11.4 Å². The van der Waals surface area contributed by atoms with Gasteiger partial charge < -0.3 is 11.1 Å². The van der Waals surface area contributed by atoms with Gasteiger partial charge in [0.1, 0.15) is 11.4 Å². The standard InChI is InChI=1S/C6H8N2O2.CH4/c1-2-8-4-3(7)5(9)6(4)10;/h8H,2,7H2,1H3;1H4. The number of nitrogens with two attached hydrogens (primary N) is 1. The van der Waals surface area contributed by atoms with Crippen LogP contribution in [0.4, 0.5) is 11.4 Å². The van der Waals surface area contributed by atoms with Crippen LogP contribution >= 0.6 is 0 Å². The highest BCUT2D eigenvalue weighted by Crippen LogP contribution is 2.07. The lowest BCUT2D eigenvalue weighted by Gasteiger charge is -2.05. The summed E-state index contributed by atoms with van der Waals surface area (Å²) < 4.78 is 0. The quantitative estimate of drug-likeness (QED) is 0.588. The molecule has 0 unspecified atom stereocenters. The molecule has 0 aliphatic rings. The molecule has 0 bridgehead atoms. The summed E-state index contributed by atoms with van der Waals surface area (Å²) in [6.45, 7) is 2.44. The Morgan fingerprint density at radius 2 is 1.91 bits per heavy atom. The van der Waals surface area contributed by atoms with Gasteiger partial charge in [-0.25, -0.2) is 0 Å². The van der Waals surface area contributed by atoms with Crippen molar-refractivity contribution in [3.8, 4) is 0 Å². The first-order valence-corrected chi connectivity index (χ1v) is 3.01. The SMILES string of the molecule is C.CCNc1c(N)c(=O)c1=O. The second-order valence-corrected chi connectivity index (χ2v) is 1.98. The third-order valence-electron chi connectivity index (χ3n) is 1.30. The van der Waals surface area contributed by atoms with E-state index in [1.807, 2.05) is 6.92 Å². The van der Waals surface area contributed by atoms with Gasteiger partial charge in [0, 0.05) is 6.54 Å². The Morgan fingerprint density at radius 1 is 1.36 bits per heavy atom. The van der Waals surface area contributed by atoms with Gasteiger partial charge >= 0.3 is 0 Å². The molecule has 11 heavy (non-hydrogen) atoms. The highest BCUT2D eigenvalue weighted by Gasteiger charge is 2.15. The average Bonchev–Trinajstić information content (AvgIpc) is 1.98. The first-order valence-electron chi connectivity index (χ1n) is 3.01. The summed E-state index contributed by atoms with van der Waals surface area (Å²) in [5, 5.41) is 2.70. The average molecular weight is 156 g/mol. The van der Waals surface area contributed by atoms with E-state index in [0.717, 1.165) is 0 Å². The normalized spacial score (nSPS) is 9.18. The summed E-state index contributed by atoms with van der Waals surface area (Å²) in [7, 11) is 0. The summed E-state index contributed by atoms with van der Waals surface area (Å²) in [5.74, 6) is 0. The molecule has 0 saturated heterocycles. The maximum Gasteiger partial charge on any atom is 0.253 e. The molecule has 1 rings (SSSR count). The fourth-order valence-electron chi connectivity index (χ4n) is 0.761. The first-order chi connectivity index (χ1) is 4.68. The summed E-state index contributed by atoms with van der Waals surface area (Å²) >= 11 is 0. The van der Waals surface area contributed by atoms with Gasteiger partial charge in [-0.1, -0.05) is 7.43 Å². The Kier molecular flexibility index (Phi) is 2.80. The molecule has 0 atom stereocenters. The van der Waals surface area contributed by atoms with Gasteiger partial charge in [0.05, 0.1) is 0 Å². The van der Waals surface area contributed by atoms with Crippen molar-refractivity contribution in [2.24, 2.45) is 0 Å². The largest absolute Gasteiger partial charge is 0.394 e. The number of rotatable bonds is 2. The molecular weight excluding hydrogens is 144 g/mol. The van der Waals surface area contributed by atoms with E-state index in [4.69, 9.17) is 5.73 Å². The van der Waals surface area contributed by atoms with Crippen LogP contribution < -0.4 is 21.9 Å². The van der Waals surface area contributed by atoms with E-state index in [-0.39, 0.29) is 18.8 Å². The van der Waals surface area contributed by atoms with Gasteiger partial charge in [0.25, 0.3) is 10.9 Å². The zero-order valence-electron chi connectivity index (χ0n) is 5.60. The number of anilines is 2. The lowest BCUT2D eigenvalue weighted by Crippen LogP contribution is -2.36. The number of hydrogen-bond acceptors (Lipinski definition) is 4. The summed E-state index contributed by atoms with van der Waals surface area (Å²) in [5.41, 5.74) is 4.45. The van der Waals surface area contributed by atoms with Crippen LogP contribution in [0.25, 0.3) is 0 Å². The van der Waals surface area contributed by atoms with E-state index in [2.05, 4.69) is 5.32 Å². The third-order valence-corrected chi connectivity index (χ3v) is 1.30. The molecule has 0 amide bonds. The van der Waals surface area contributed by atoms with E-state index in [0.29, 0.717) is 6.54 Å². The van der Waals surface area contributed by atoms with Crippen molar-refractivity contribution in [2.45, 2.75) is 14.4 Å². The predicted molar refractivity (Wildman–Crippen MR) is 46.7 cm³/mol. The molecule has 0 aliphatic heterocycles. The molecule has 0 saturated carbocycles. The third kappa shape index (κ3) is 1.24. The van der Waals surface area contributed by atoms with Crippen molar-refractivity contribution in [2.75, 3.05) is 17.6 Å². The Labute approximate surface area is 64.7 Å². The number of hydrogen-bond donors (Lipinski definition) is 2. The van der Waals surface area contributed by atoms with Crippen LogP contribution in [0.5, 0.6) is 0 Å².